The molecule has 0 radical (unpaired) electrons. The highest BCUT2D eigenvalue weighted by Gasteiger charge is 2.01. The number of likely N-dealkylation sites (N-methyl/N-ethyl adjacent to an activating group) is 1. The largest absolute Gasteiger partial charge is 0.371 e. The normalized spacial score (nSPS) is 13.2. The first-order valence-electron chi connectivity index (χ1n) is 3.96. The van der Waals surface area contributed by atoms with E-state index in [4.69, 9.17) is 4.74 Å². The van der Waals surface area contributed by atoms with E-state index in [0.29, 0.717) is 6.61 Å². The van der Waals surface area contributed by atoms with Crippen molar-refractivity contribution < 1.29 is 4.74 Å². The third-order valence-electron chi connectivity index (χ3n) is 1.49. The van der Waals surface area contributed by atoms with Crippen LogP contribution in [0.5, 0.6) is 0 Å². The topological polar surface area (TPSA) is 34.1 Å². The van der Waals surface area contributed by atoms with Crippen molar-refractivity contribution in [3.8, 4) is 0 Å². The average molecular weight is 186 g/mol. The summed E-state index contributed by atoms with van der Waals surface area (Å²) in [4.78, 5) is 4.12. The zero-order valence-electron chi connectivity index (χ0n) is 7.41. The lowest BCUT2D eigenvalue weighted by Crippen LogP contribution is -2.23. The molecule has 3 nitrogen and oxygen atoms in total. The minimum Gasteiger partial charge on any atom is -0.371 e. The molecule has 1 atom stereocenters. The third kappa shape index (κ3) is 3.30. The highest BCUT2D eigenvalue weighted by atomic mass is 32.1. The monoisotopic (exact) mass is 186 g/mol. The summed E-state index contributed by atoms with van der Waals surface area (Å²) in [5.74, 6) is 0. The van der Waals surface area contributed by atoms with Gasteiger partial charge >= 0.3 is 0 Å². The Hall–Kier alpha value is -0.450. The Bertz CT molecular complexity index is 201. The first kappa shape index (κ1) is 9.64. The van der Waals surface area contributed by atoms with Gasteiger partial charge in [-0.05, 0) is 14.0 Å². The Balaban J connectivity index is 2.17. The summed E-state index contributed by atoms with van der Waals surface area (Å²) < 4.78 is 5.51. The molecule has 1 heterocycles. The van der Waals surface area contributed by atoms with Crippen molar-refractivity contribution in [2.24, 2.45) is 0 Å². The number of rotatable bonds is 5. The summed E-state index contributed by atoms with van der Waals surface area (Å²) in [5.41, 5.74) is 2.84. The second-order valence-electron chi connectivity index (χ2n) is 2.66. The fraction of sp³-hybridized carbons (Fsp3) is 0.625. The van der Waals surface area contributed by atoms with E-state index in [2.05, 4.69) is 10.3 Å². The fourth-order valence-corrected chi connectivity index (χ4v) is 1.43. The number of hydrogen-bond donors (Lipinski definition) is 1. The quantitative estimate of drug-likeness (QED) is 0.752. The van der Waals surface area contributed by atoms with Gasteiger partial charge in [0.05, 0.1) is 23.9 Å². The van der Waals surface area contributed by atoms with Gasteiger partial charge in [-0.25, -0.2) is 4.98 Å². The van der Waals surface area contributed by atoms with Crippen LogP contribution in [-0.2, 0) is 11.3 Å². The molecule has 12 heavy (non-hydrogen) atoms. The maximum atomic E-state index is 5.51. The molecule has 0 amide bonds. The Kier molecular flexibility index (Phi) is 4.21. The van der Waals surface area contributed by atoms with Crippen LogP contribution in [0.1, 0.15) is 12.6 Å². The summed E-state index contributed by atoms with van der Waals surface area (Å²) in [6, 6.07) is 0. The lowest BCUT2D eigenvalue weighted by Gasteiger charge is -2.10. The summed E-state index contributed by atoms with van der Waals surface area (Å²) in [5, 5.41) is 5.06. The highest BCUT2D eigenvalue weighted by Crippen LogP contribution is 2.03. The molecule has 1 unspecified atom stereocenters. The number of hydrogen-bond acceptors (Lipinski definition) is 4. The first-order valence-corrected chi connectivity index (χ1v) is 4.90. The summed E-state index contributed by atoms with van der Waals surface area (Å²) >= 11 is 1.60. The van der Waals surface area contributed by atoms with Gasteiger partial charge in [0.1, 0.15) is 0 Å². The first-order chi connectivity index (χ1) is 5.83. The van der Waals surface area contributed by atoms with Crippen LogP contribution >= 0.6 is 11.3 Å². The third-order valence-corrected chi connectivity index (χ3v) is 2.13. The Labute approximate surface area is 76.8 Å². The Morgan fingerprint density at radius 2 is 2.58 bits per heavy atom. The molecule has 1 aromatic rings. The van der Waals surface area contributed by atoms with Crippen LogP contribution in [0.15, 0.2) is 10.9 Å². The molecule has 0 saturated carbocycles. The molecule has 1 aromatic heterocycles. The van der Waals surface area contributed by atoms with Gasteiger partial charge in [-0.2, -0.15) is 0 Å². The maximum Gasteiger partial charge on any atom is 0.0900 e. The summed E-state index contributed by atoms with van der Waals surface area (Å²) in [7, 11) is 1.92. The molecule has 0 fully saturated rings. The van der Waals surface area contributed by atoms with E-state index in [1.165, 1.54) is 0 Å². The standard InChI is InChI=1S/C8H14N2OS/c1-7(3-9-2)11-4-8-5-12-6-10-8/h5-7,9H,3-4H2,1-2H3. The van der Waals surface area contributed by atoms with Gasteiger partial charge < -0.3 is 10.1 Å². The Morgan fingerprint density at radius 1 is 1.75 bits per heavy atom. The number of thiazole rings is 1. The van der Waals surface area contributed by atoms with Crippen LogP contribution in [-0.4, -0.2) is 24.7 Å². The molecule has 0 aliphatic carbocycles. The van der Waals surface area contributed by atoms with Gasteiger partial charge in [0, 0.05) is 11.9 Å². The predicted molar refractivity (Wildman–Crippen MR) is 50.3 cm³/mol. The van der Waals surface area contributed by atoms with E-state index >= 15 is 0 Å². The van der Waals surface area contributed by atoms with E-state index < -0.39 is 0 Å². The number of ether oxygens (including phenoxy) is 1. The molecule has 0 spiro atoms. The van der Waals surface area contributed by atoms with Crippen LogP contribution in [0.4, 0.5) is 0 Å². The zero-order chi connectivity index (χ0) is 8.81. The van der Waals surface area contributed by atoms with E-state index in [1.54, 1.807) is 11.3 Å². The number of aromatic nitrogens is 1. The molecule has 4 heteroatoms. The maximum absolute atomic E-state index is 5.51. The van der Waals surface area contributed by atoms with Crippen molar-refractivity contribution in [2.45, 2.75) is 19.6 Å². The number of nitrogens with one attached hydrogen (secondary N) is 1. The van der Waals surface area contributed by atoms with Crippen LogP contribution in [0.3, 0.4) is 0 Å². The molecule has 0 aromatic carbocycles. The van der Waals surface area contributed by atoms with Crippen LogP contribution < -0.4 is 5.32 Å². The molecule has 1 N–H and O–H groups in total. The summed E-state index contributed by atoms with van der Waals surface area (Å²) in [6.07, 6.45) is 0.247. The lowest BCUT2D eigenvalue weighted by atomic mass is 10.4. The van der Waals surface area contributed by atoms with Gasteiger partial charge in [0.2, 0.25) is 0 Å². The second-order valence-corrected chi connectivity index (χ2v) is 3.38. The van der Waals surface area contributed by atoms with Crippen molar-refractivity contribution in [3.63, 3.8) is 0 Å². The fourth-order valence-electron chi connectivity index (χ4n) is 0.883. The zero-order valence-corrected chi connectivity index (χ0v) is 8.23. The molecular weight excluding hydrogens is 172 g/mol. The van der Waals surface area contributed by atoms with E-state index in [9.17, 15) is 0 Å². The minimum atomic E-state index is 0.247. The van der Waals surface area contributed by atoms with Gasteiger partial charge in [0.25, 0.3) is 0 Å². The van der Waals surface area contributed by atoms with Crippen molar-refractivity contribution in [2.75, 3.05) is 13.6 Å². The van der Waals surface area contributed by atoms with Crippen LogP contribution in [0.2, 0.25) is 0 Å². The molecule has 1 rings (SSSR count). The summed E-state index contributed by atoms with van der Waals surface area (Å²) in [6.45, 7) is 3.54. The molecule has 68 valence electrons. The molecule has 0 saturated heterocycles. The van der Waals surface area contributed by atoms with E-state index in [1.807, 2.05) is 24.9 Å². The molecule has 0 bridgehead atoms. The second kappa shape index (κ2) is 5.24. The molecular formula is C8H14N2OS. The molecule has 0 aliphatic rings. The van der Waals surface area contributed by atoms with Crippen LogP contribution in [0, 0.1) is 0 Å². The van der Waals surface area contributed by atoms with Gasteiger partial charge in [-0.1, -0.05) is 0 Å². The SMILES string of the molecule is CNCC(C)OCc1cscn1. The number of nitrogens with zero attached hydrogens (tertiary/aromatic N) is 1. The van der Waals surface area contributed by atoms with Gasteiger partial charge in [0.15, 0.2) is 0 Å². The van der Waals surface area contributed by atoms with Crippen molar-refractivity contribution >= 4 is 11.3 Å². The van der Waals surface area contributed by atoms with E-state index in [0.717, 1.165) is 12.2 Å². The Morgan fingerprint density at radius 3 is 3.17 bits per heavy atom. The van der Waals surface area contributed by atoms with Gasteiger partial charge in [-0.3, -0.25) is 0 Å². The highest BCUT2D eigenvalue weighted by molar-refractivity contribution is 7.07. The lowest BCUT2D eigenvalue weighted by molar-refractivity contribution is 0.0528. The van der Waals surface area contributed by atoms with E-state index in [-0.39, 0.29) is 6.10 Å². The predicted octanol–water partition coefficient (Wildman–Crippen LogP) is 1.27. The van der Waals surface area contributed by atoms with Crippen molar-refractivity contribution in [3.05, 3.63) is 16.6 Å². The molecule has 0 aliphatic heterocycles. The van der Waals surface area contributed by atoms with Crippen molar-refractivity contribution in [1.29, 1.82) is 0 Å². The van der Waals surface area contributed by atoms with Crippen molar-refractivity contribution in [1.82, 2.24) is 10.3 Å². The minimum absolute atomic E-state index is 0.247. The smallest absolute Gasteiger partial charge is 0.0900 e. The average Bonchev–Trinajstić information content (AvgIpc) is 2.53. The van der Waals surface area contributed by atoms with Gasteiger partial charge in [-0.15, -0.1) is 11.3 Å². The van der Waals surface area contributed by atoms with Crippen LogP contribution in [0.25, 0.3) is 0 Å².